The molecule has 0 saturated heterocycles. The average Bonchev–Trinajstić information content (AvgIpc) is 1.68. The van der Waals surface area contributed by atoms with Crippen molar-refractivity contribution in [1.82, 2.24) is 0 Å². The average molecular weight is 120 g/mol. The lowest BCUT2D eigenvalue weighted by Gasteiger charge is -2.08. The lowest BCUT2D eigenvalue weighted by Crippen LogP contribution is -2.12. The molecule has 0 saturated carbocycles. The zero-order valence-electron chi connectivity index (χ0n) is 5.26. The summed E-state index contributed by atoms with van der Waals surface area (Å²) in [6.45, 7) is 3.94. The maximum absolute atomic E-state index is 8.16. The summed E-state index contributed by atoms with van der Waals surface area (Å²) >= 11 is 0. The third-order valence-corrected chi connectivity index (χ3v) is 0.711. The summed E-state index contributed by atoms with van der Waals surface area (Å²) in [6.07, 6.45) is -0.287. The van der Waals surface area contributed by atoms with Gasteiger partial charge in [-0.15, -0.1) is 0 Å². The van der Waals surface area contributed by atoms with Gasteiger partial charge >= 0.3 is 0 Å². The highest BCUT2D eigenvalue weighted by Gasteiger charge is 1.95. The molecule has 0 rings (SSSR count). The highest BCUT2D eigenvalue weighted by Crippen LogP contribution is 1.89. The first-order valence-electron chi connectivity index (χ1n) is 2.65. The standard InChI is InChI=1S/C5H12O3/c1-3-7-5(2)8-4-6/h5-6H,3-4H2,1-2H3. The maximum atomic E-state index is 8.16. The van der Waals surface area contributed by atoms with Crippen LogP contribution < -0.4 is 0 Å². The van der Waals surface area contributed by atoms with Crippen LogP contribution in [-0.2, 0) is 9.47 Å². The fraction of sp³-hybridized carbons (Fsp3) is 1.00. The molecule has 0 spiro atoms. The second kappa shape index (κ2) is 5.03. The van der Waals surface area contributed by atoms with Crippen LogP contribution in [0.5, 0.6) is 0 Å². The van der Waals surface area contributed by atoms with E-state index in [1.807, 2.05) is 6.92 Å². The second-order valence-electron chi connectivity index (χ2n) is 1.32. The van der Waals surface area contributed by atoms with E-state index in [9.17, 15) is 0 Å². The lowest BCUT2D eigenvalue weighted by molar-refractivity contribution is -0.168. The van der Waals surface area contributed by atoms with Gasteiger partial charge in [-0.2, -0.15) is 0 Å². The van der Waals surface area contributed by atoms with Crippen LogP contribution in [0.2, 0.25) is 0 Å². The van der Waals surface area contributed by atoms with Crippen LogP contribution in [0.1, 0.15) is 13.8 Å². The summed E-state index contributed by atoms with van der Waals surface area (Å²) < 4.78 is 9.52. The Morgan fingerprint density at radius 2 is 2.12 bits per heavy atom. The quantitative estimate of drug-likeness (QED) is 0.543. The van der Waals surface area contributed by atoms with E-state index in [1.165, 1.54) is 0 Å². The molecule has 0 radical (unpaired) electrons. The van der Waals surface area contributed by atoms with Crippen molar-refractivity contribution in [2.45, 2.75) is 20.1 Å². The van der Waals surface area contributed by atoms with E-state index in [0.717, 1.165) is 0 Å². The van der Waals surface area contributed by atoms with Crippen molar-refractivity contribution < 1.29 is 14.6 Å². The van der Waals surface area contributed by atoms with Gasteiger partial charge in [-0.05, 0) is 13.8 Å². The van der Waals surface area contributed by atoms with Gasteiger partial charge in [-0.25, -0.2) is 0 Å². The van der Waals surface area contributed by atoms with Gasteiger partial charge in [0, 0.05) is 6.61 Å². The minimum absolute atomic E-state index is 0.277. The van der Waals surface area contributed by atoms with Crippen LogP contribution in [0.4, 0.5) is 0 Å². The molecule has 3 heteroatoms. The van der Waals surface area contributed by atoms with E-state index in [4.69, 9.17) is 9.84 Å². The molecule has 0 aromatic rings. The van der Waals surface area contributed by atoms with E-state index in [0.29, 0.717) is 6.61 Å². The summed E-state index contributed by atoms with van der Waals surface area (Å²) in [6, 6.07) is 0. The predicted octanol–water partition coefficient (Wildman–Crippen LogP) is 0.335. The number of aliphatic hydroxyl groups is 1. The lowest BCUT2D eigenvalue weighted by atomic mass is 10.7. The Kier molecular flexibility index (Phi) is 4.95. The highest BCUT2D eigenvalue weighted by molar-refractivity contribution is 4.24. The van der Waals surface area contributed by atoms with Crippen molar-refractivity contribution in [2.75, 3.05) is 13.4 Å². The number of rotatable bonds is 4. The van der Waals surface area contributed by atoms with E-state index < -0.39 is 0 Å². The molecule has 1 atom stereocenters. The molecule has 50 valence electrons. The zero-order chi connectivity index (χ0) is 6.41. The van der Waals surface area contributed by atoms with Crippen molar-refractivity contribution in [3.05, 3.63) is 0 Å². The first kappa shape index (κ1) is 7.88. The molecule has 3 nitrogen and oxygen atoms in total. The SMILES string of the molecule is CCOC(C)OCO. The van der Waals surface area contributed by atoms with E-state index in [2.05, 4.69) is 4.74 Å². The van der Waals surface area contributed by atoms with Crippen LogP contribution >= 0.6 is 0 Å². The molecule has 0 amide bonds. The van der Waals surface area contributed by atoms with Crippen LogP contribution in [-0.4, -0.2) is 24.8 Å². The minimum Gasteiger partial charge on any atom is -0.371 e. The molecule has 0 heterocycles. The van der Waals surface area contributed by atoms with Crippen LogP contribution in [0.3, 0.4) is 0 Å². The van der Waals surface area contributed by atoms with E-state index in [1.54, 1.807) is 6.92 Å². The second-order valence-corrected chi connectivity index (χ2v) is 1.32. The van der Waals surface area contributed by atoms with Crippen LogP contribution in [0.25, 0.3) is 0 Å². The van der Waals surface area contributed by atoms with Gasteiger partial charge in [0.25, 0.3) is 0 Å². The maximum Gasteiger partial charge on any atom is 0.157 e. The molecular formula is C5H12O3. The van der Waals surface area contributed by atoms with E-state index >= 15 is 0 Å². The summed E-state index contributed by atoms with van der Waals surface area (Å²) in [5, 5.41) is 8.16. The van der Waals surface area contributed by atoms with Gasteiger partial charge in [0.1, 0.15) is 6.79 Å². The van der Waals surface area contributed by atoms with Crippen molar-refractivity contribution in [1.29, 1.82) is 0 Å². The monoisotopic (exact) mass is 120 g/mol. The normalized spacial score (nSPS) is 13.9. The Hall–Kier alpha value is -0.120. The number of hydrogen-bond donors (Lipinski definition) is 1. The Balaban J connectivity index is 2.92. The number of hydrogen-bond acceptors (Lipinski definition) is 3. The first-order valence-corrected chi connectivity index (χ1v) is 2.65. The smallest absolute Gasteiger partial charge is 0.157 e. The van der Waals surface area contributed by atoms with Crippen molar-refractivity contribution in [3.8, 4) is 0 Å². The van der Waals surface area contributed by atoms with Gasteiger partial charge < -0.3 is 14.6 Å². The fourth-order valence-electron chi connectivity index (χ4n) is 0.388. The molecule has 0 aliphatic heterocycles. The fourth-order valence-corrected chi connectivity index (χ4v) is 0.388. The van der Waals surface area contributed by atoms with Crippen molar-refractivity contribution in [3.63, 3.8) is 0 Å². The summed E-state index contributed by atoms with van der Waals surface area (Å²) in [4.78, 5) is 0. The minimum atomic E-state index is -0.287. The van der Waals surface area contributed by atoms with E-state index in [-0.39, 0.29) is 13.1 Å². The Morgan fingerprint density at radius 1 is 1.50 bits per heavy atom. The number of ether oxygens (including phenoxy) is 2. The molecule has 1 N–H and O–H groups in total. The molecule has 0 bridgehead atoms. The largest absolute Gasteiger partial charge is 0.371 e. The van der Waals surface area contributed by atoms with Gasteiger partial charge in [-0.1, -0.05) is 0 Å². The molecular weight excluding hydrogens is 108 g/mol. The van der Waals surface area contributed by atoms with Crippen LogP contribution in [0, 0.1) is 0 Å². The van der Waals surface area contributed by atoms with Gasteiger partial charge in [-0.3, -0.25) is 0 Å². The van der Waals surface area contributed by atoms with Gasteiger partial charge in [0.2, 0.25) is 0 Å². The molecule has 0 aromatic heterocycles. The van der Waals surface area contributed by atoms with Crippen molar-refractivity contribution >= 4 is 0 Å². The molecule has 0 fully saturated rings. The molecule has 0 aliphatic carbocycles. The molecule has 8 heavy (non-hydrogen) atoms. The van der Waals surface area contributed by atoms with Gasteiger partial charge in [0.05, 0.1) is 0 Å². The first-order chi connectivity index (χ1) is 3.81. The summed E-state index contributed by atoms with van der Waals surface area (Å²) in [7, 11) is 0. The van der Waals surface area contributed by atoms with Crippen LogP contribution in [0.15, 0.2) is 0 Å². The Morgan fingerprint density at radius 3 is 2.50 bits per heavy atom. The molecule has 0 aromatic carbocycles. The Labute approximate surface area is 49.2 Å². The van der Waals surface area contributed by atoms with Gasteiger partial charge in [0.15, 0.2) is 6.29 Å². The van der Waals surface area contributed by atoms with Crippen molar-refractivity contribution in [2.24, 2.45) is 0 Å². The molecule has 0 aliphatic rings. The summed E-state index contributed by atoms with van der Waals surface area (Å²) in [5.74, 6) is 0. The third-order valence-electron chi connectivity index (χ3n) is 0.711. The Bertz CT molecular complexity index is 40.9. The predicted molar refractivity (Wildman–Crippen MR) is 29.3 cm³/mol. The highest BCUT2D eigenvalue weighted by atomic mass is 16.7. The topological polar surface area (TPSA) is 38.7 Å². The number of aliphatic hydroxyl groups excluding tert-OH is 1. The zero-order valence-corrected chi connectivity index (χ0v) is 5.26. The third kappa shape index (κ3) is 4.05. The molecule has 1 unspecified atom stereocenters. The summed E-state index contributed by atoms with van der Waals surface area (Å²) in [5.41, 5.74) is 0.